The van der Waals surface area contributed by atoms with Gasteiger partial charge in [-0.2, -0.15) is 0 Å². The van der Waals surface area contributed by atoms with E-state index >= 15 is 0 Å². The summed E-state index contributed by atoms with van der Waals surface area (Å²) in [5.74, 6) is 0.859. The first-order valence-corrected chi connectivity index (χ1v) is 7.52. The minimum Gasteiger partial charge on any atom is -0.494 e. The van der Waals surface area contributed by atoms with Crippen LogP contribution in [0.1, 0.15) is 19.4 Å². The summed E-state index contributed by atoms with van der Waals surface area (Å²) in [4.78, 5) is 0. The van der Waals surface area contributed by atoms with Crippen LogP contribution in [0.4, 0.5) is 11.4 Å². The van der Waals surface area contributed by atoms with Crippen molar-refractivity contribution in [2.45, 2.75) is 20.3 Å². The average Bonchev–Trinajstić information content (AvgIpc) is 2.49. The number of anilines is 2. The maximum absolute atomic E-state index is 5.41. The van der Waals surface area contributed by atoms with Gasteiger partial charge in [0.05, 0.1) is 6.61 Å². The van der Waals surface area contributed by atoms with Crippen LogP contribution in [0.15, 0.2) is 48.5 Å². The molecule has 2 rings (SSSR count). The zero-order valence-corrected chi connectivity index (χ0v) is 13.2. The predicted octanol–water partition coefficient (Wildman–Crippen LogP) is 4.46. The summed E-state index contributed by atoms with van der Waals surface area (Å²) in [6.45, 7) is 4.77. The molecule has 0 saturated heterocycles. The molecule has 0 spiro atoms. The van der Waals surface area contributed by atoms with Gasteiger partial charge in [-0.1, -0.05) is 19.1 Å². The van der Waals surface area contributed by atoms with E-state index in [2.05, 4.69) is 29.7 Å². The van der Waals surface area contributed by atoms with Gasteiger partial charge in [-0.25, -0.2) is 0 Å². The molecular weight excluding hydrogens is 280 g/mol. The Morgan fingerprint density at radius 2 is 1.71 bits per heavy atom. The van der Waals surface area contributed by atoms with Gasteiger partial charge in [-0.05, 0) is 67.5 Å². The Kier molecular flexibility index (Phi) is 5.58. The highest BCUT2D eigenvalue weighted by Gasteiger charge is 2.00. The molecule has 21 heavy (non-hydrogen) atoms. The molecule has 0 amide bonds. The maximum atomic E-state index is 5.41. The van der Waals surface area contributed by atoms with Crippen molar-refractivity contribution < 1.29 is 4.74 Å². The molecule has 0 bridgehead atoms. The highest BCUT2D eigenvalue weighted by molar-refractivity contribution is 7.80. The van der Waals surface area contributed by atoms with E-state index in [0.717, 1.165) is 23.5 Å². The lowest BCUT2D eigenvalue weighted by Crippen LogP contribution is -2.19. The second-order valence-corrected chi connectivity index (χ2v) is 5.00. The fourth-order valence-corrected chi connectivity index (χ4v) is 2.20. The molecule has 110 valence electrons. The molecule has 0 atom stereocenters. The first-order chi connectivity index (χ1) is 10.2. The zero-order chi connectivity index (χ0) is 15.1. The molecule has 0 unspecified atom stereocenters. The van der Waals surface area contributed by atoms with Gasteiger partial charge >= 0.3 is 0 Å². The van der Waals surface area contributed by atoms with Crippen molar-refractivity contribution in [3.8, 4) is 5.75 Å². The van der Waals surface area contributed by atoms with Gasteiger partial charge in [0, 0.05) is 11.4 Å². The normalized spacial score (nSPS) is 10.0. The van der Waals surface area contributed by atoms with Crippen molar-refractivity contribution in [3.63, 3.8) is 0 Å². The van der Waals surface area contributed by atoms with Crippen LogP contribution in [0, 0.1) is 0 Å². The maximum Gasteiger partial charge on any atom is 0.175 e. The van der Waals surface area contributed by atoms with Crippen LogP contribution in [-0.2, 0) is 6.42 Å². The second kappa shape index (κ2) is 7.64. The number of benzene rings is 2. The molecule has 0 aliphatic carbocycles. The fraction of sp³-hybridized carbons (Fsp3) is 0.235. The summed E-state index contributed by atoms with van der Waals surface area (Å²) in [6.07, 6.45) is 1.01. The van der Waals surface area contributed by atoms with E-state index in [1.54, 1.807) is 0 Å². The van der Waals surface area contributed by atoms with Crippen molar-refractivity contribution in [2.75, 3.05) is 17.2 Å². The SMILES string of the molecule is CCOc1ccc(NC(=S)Nc2cccc(CC)c2)cc1. The van der Waals surface area contributed by atoms with E-state index in [9.17, 15) is 0 Å². The van der Waals surface area contributed by atoms with Crippen molar-refractivity contribution >= 4 is 28.7 Å². The van der Waals surface area contributed by atoms with E-state index < -0.39 is 0 Å². The lowest BCUT2D eigenvalue weighted by molar-refractivity contribution is 0.340. The molecule has 4 heteroatoms. The van der Waals surface area contributed by atoms with Crippen molar-refractivity contribution in [1.82, 2.24) is 0 Å². The molecule has 2 aromatic carbocycles. The molecule has 0 aliphatic heterocycles. The van der Waals surface area contributed by atoms with Crippen molar-refractivity contribution in [1.29, 1.82) is 0 Å². The number of ether oxygens (including phenoxy) is 1. The quantitative estimate of drug-likeness (QED) is 0.799. The number of rotatable bonds is 5. The minimum absolute atomic E-state index is 0.576. The van der Waals surface area contributed by atoms with Crippen LogP contribution < -0.4 is 15.4 Å². The topological polar surface area (TPSA) is 33.3 Å². The summed E-state index contributed by atoms with van der Waals surface area (Å²) >= 11 is 5.33. The first kappa shape index (κ1) is 15.3. The Balaban J connectivity index is 1.94. The number of hydrogen-bond donors (Lipinski definition) is 2. The van der Waals surface area contributed by atoms with Gasteiger partial charge in [-0.15, -0.1) is 0 Å². The highest BCUT2D eigenvalue weighted by Crippen LogP contribution is 2.16. The Labute approximate surface area is 131 Å². The predicted molar refractivity (Wildman–Crippen MR) is 93.3 cm³/mol. The van der Waals surface area contributed by atoms with E-state index in [1.165, 1.54) is 5.56 Å². The molecular formula is C17H20N2OS. The Morgan fingerprint density at radius 3 is 2.38 bits per heavy atom. The number of nitrogens with one attached hydrogen (secondary N) is 2. The van der Waals surface area contributed by atoms with Gasteiger partial charge in [0.25, 0.3) is 0 Å². The van der Waals surface area contributed by atoms with Gasteiger partial charge < -0.3 is 15.4 Å². The summed E-state index contributed by atoms with van der Waals surface area (Å²) in [6, 6.07) is 16.0. The molecule has 0 heterocycles. The first-order valence-electron chi connectivity index (χ1n) is 7.11. The van der Waals surface area contributed by atoms with Gasteiger partial charge in [0.1, 0.15) is 5.75 Å². The molecule has 3 nitrogen and oxygen atoms in total. The number of thiocarbonyl (C=S) groups is 1. The molecule has 0 radical (unpaired) electrons. The molecule has 0 fully saturated rings. The summed E-state index contributed by atoms with van der Waals surface area (Å²) < 4.78 is 5.41. The molecule has 0 aliphatic rings. The fourth-order valence-electron chi connectivity index (χ4n) is 1.96. The van der Waals surface area contributed by atoms with Crippen molar-refractivity contribution in [3.05, 3.63) is 54.1 Å². The molecule has 0 aromatic heterocycles. The lowest BCUT2D eigenvalue weighted by Gasteiger charge is -2.12. The van der Waals surface area contributed by atoms with E-state index in [0.29, 0.717) is 11.7 Å². The summed E-state index contributed by atoms with van der Waals surface area (Å²) in [5, 5.41) is 6.93. The summed E-state index contributed by atoms with van der Waals surface area (Å²) in [5.41, 5.74) is 3.21. The molecule has 0 saturated carbocycles. The second-order valence-electron chi connectivity index (χ2n) is 4.59. The van der Waals surface area contributed by atoms with Crippen LogP contribution >= 0.6 is 12.2 Å². The van der Waals surface area contributed by atoms with E-state index in [4.69, 9.17) is 17.0 Å². The third-order valence-corrected chi connectivity index (χ3v) is 3.22. The number of aryl methyl sites for hydroxylation is 1. The van der Waals surface area contributed by atoms with Crippen LogP contribution in [0.3, 0.4) is 0 Å². The molecule has 2 aromatic rings. The van der Waals surface area contributed by atoms with Crippen LogP contribution in [0.2, 0.25) is 0 Å². The average molecular weight is 300 g/mol. The van der Waals surface area contributed by atoms with E-state index in [1.807, 2.05) is 43.3 Å². The van der Waals surface area contributed by atoms with Gasteiger partial charge in [0.2, 0.25) is 0 Å². The van der Waals surface area contributed by atoms with E-state index in [-0.39, 0.29) is 0 Å². The van der Waals surface area contributed by atoms with Gasteiger partial charge in [-0.3, -0.25) is 0 Å². The Hall–Kier alpha value is -2.07. The van der Waals surface area contributed by atoms with Crippen LogP contribution in [-0.4, -0.2) is 11.7 Å². The lowest BCUT2D eigenvalue weighted by atomic mass is 10.1. The Morgan fingerprint density at radius 1 is 1.00 bits per heavy atom. The third-order valence-electron chi connectivity index (χ3n) is 3.02. The number of hydrogen-bond acceptors (Lipinski definition) is 2. The minimum atomic E-state index is 0.576. The monoisotopic (exact) mass is 300 g/mol. The highest BCUT2D eigenvalue weighted by atomic mass is 32.1. The summed E-state index contributed by atoms with van der Waals surface area (Å²) in [7, 11) is 0. The molecule has 2 N–H and O–H groups in total. The Bertz CT molecular complexity index is 596. The van der Waals surface area contributed by atoms with Crippen molar-refractivity contribution in [2.24, 2.45) is 0 Å². The largest absolute Gasteiger partial charge is 0.494 e. The standard InChI is InChI=1S/C17H20N2OS/c1-3-13-6-5-7-15(12-13)19-17(21)18-14-8-10-16(11-9-14)20-4-2/h5-12H,3-4H2,1-2H3,(H2,18,19,21). The van der Waals surface area contributed by atoms with Crippen LogP contribution in [0.25, 0.3) is 0 Å². The zero-order valence-electron chi connectivity index (χ0n) is 12.3. The smallest absolute Gasteiger partial charge is 0.175 e. The van der Waals surface area contributed by atoms with Gasteiger partial charge in [0.15, 0.2) is 5.11 Å². The third kappa shape index (κ3) is 4.76. The van der Waals surface area contributed by atoms with Crippen LogP contribution in [0.5, 0.6) is 5.75 Å².